The number of hydrogen-bond donors (Lipinski definition) is 0. The van der Waals surface area contributed by atoms with Crippen molar-refractivity contribution < 1.29 is 0 Å². The van der Waals surface area contributed by atoms with E-state index in [-0.39, 0.29) is 0 Å². The van der Waals surface area contributed by atoms with Gasteiger partial charge < -0.3 is 0 Å². The van der Waals surface area contributed by atoms with Crippen LogP contribution in [0.15, 0.2) is 17.0 Å². The third-order valence-electron chi connectivity index (χ3n) is 1.28. The molecule has 12 heavy (non-hydrogen) atoms. The van der Waals surface area contributed by atoms with Crippen LogP contribution in [0.25, 0.3) is 6.08 Å². The SMILES string of the molecule is C/C(C#N)=C/c1cc(C#N)cs1. The van der Waals surface area contributed by atoms with Crippen LogP contribution in [0.5, 0.6) is 0 Å². The predicted octanol–water partition coefficient (Wildman–Crippen LogP) is 2.55. The maximum Gasteiger partial charge on any atom is 0.100 e. The highest BCUT2D eigenvalue weighted by molar-refractivity contribution is 7.11. The monoisotopic (exact) mass is 174 g/mol. The number of nitrogens with zero attached hydrogens (tertiary/aromatic N) is 2. The van der Waals surface area contributed by atoms with Crippen molar-refractivity contribution >= 4 is 17.4 Å². The maximum atomic E-state index is 8.51. The van der Waals surface area contributed by atoms with Crippen LogP contribution in [-0.4, -0.2) is 0 Å². The zero-order chi connectivity index (χ0) is 8.97. The first-order valence-electron chi connectivity index (χ1n) is 3.33. The third-order valence-corrected chi connectivity index (χ3v) is 2.16. The lowest BCUT2D eigenvalue weighted by Gasteiger charge is -1.82. The van der Waals surface area contributed by atoms with Gasteiger partial charge in [0.1, 0.15) is 6.07 Å². The molecular weight excluding hydrogens is 168 g/mol. The van der Waals surface area contributed by atoms with E-state index in [9.17, 15) is 0 Å². The van der Waals surface area contributed by atoms with Gasteiger partial charge >= 0.3 is 0 Å². The molecule has 1 rings (SSSR count). The van der Waals surface area contributed by atoms with Crippen LogP contribution < -0.4 is 0 Å². The van der Waals surface area contributed by atoms with E-state index in [2.05, 4.69) is 0 Å². The molecule has 2 nitrogen and oxygen atoms in total. The summed E-state index contributed by atoms with van der Waals surface area (Å²) in [5.74, 6) is 0. The van der Waals surface area contributed by atoms with E-state index in [0.29, 0.717) is 11.1 Å². The third kappa shape index (κ3) is 1.95. The average Bonchev–Trinajstić information content (AvgIpc) is 2.52. The van der Waals surface area contributed by atoms with Crippen LogP contribution in [0.1, 0.15) is 17.4 Å². The van der Waals surface area contributed by atoms with Crippen LogP contribution in [0.4, 0.5) is 0 Å². The first-order valence-corrected chi connectivity index (χ1v) is 4.21. The average molecular weight is 174 g/mol. The summed E-state index contributed by atoms with van der Waals surface area (Å²) in [4.78, 5) is 0.950. The van der Waals surface area contributed by atoms with Crippen molar-refractivity contribution in [3.8, 4) is 12.1 Å². The fraction of sp³-hybridized carbons (Fsp3) is 0.111. The van der Waals surface area contributed by atoms with Crippen molar-refractivity contribution in [1.82, 2.24) is 0 Å². The lowest BCUT2D eigenvalue weighted by atomic mass is 10.2. The van der Waals surface area contributed by atoms with E-state index in [1.165, 1.54) is 11.3 Å². The number of nitriles is 2. The topological polar surface area (TPSA) is 47.6 Å². The van der Waals surface area contributed by atoms with Gasteiger partial charge in [-0.1, -0.05) is 0 Å². The lowest BCUT2D eigenvalue weighted by molar-refractivity contribution is 1.46. The molecule has 0 aliphatic carbocycles. The first kappa shape index (κ1) is 8.52. The van der Waals surface area contributed by atoms with Gasteiger partial charge in [0.2, 0.25) is 0 Å². The molecule has 0 fully saturated rings. The Hall–Kier alpha value is -1.58. The largest absolute Gasteiger partial charge is 0.193 e. The van der Waals surface area contributed by atoms with Crippen LogP contribution in [-0.2, 0) is 0 Å². The van der Waals surface area contributed by atoms with Gasteiger partial charge in [0.15, 0.2) is 0 Å². The Balaban J connectivity index is 2.94. The summed E-state index contributed by atoms with van der Waals surface area (Å²) in [6, 6.07) is 5.83. The number of hydrogen-bond acceptors (Lipinski definition) is 3. The Labute approximate surface area is 75.0 Å². The van der Waals surface area contributed by atoms with Crippen molar-refractivity contribution in [3.63, 3.8) is 0 Å². The van der Waals surface area contributed by atoms with Gasteiger partial charge in [0, 0.05) is 15.8 Å². The standard InChI is InChI=1S/C9H6N2S/c1-7(4-10)2-9-3-8(5-11)6-12-9/h2-3,6H,1H3/b7-2-. The van der Waals surface area contributed by atoms with Gasteiger partial charge in [-0.3, -0.25) is 0 Å². The number of allylic oxidation sites excluding steroid dienone is 1. The van der Waals surface area contributed by atoms with Gasteiger partial charge in [0.05, 0.1) is 11.6 Å². The van der Waals surface area contributed by atoms with Crippen LogP contribution >= 0.6 is 11.3 Å². The molecule has 0 bridgehead atoms. The van der Waals surface area contributed by atoms with Gasteiger partial charge in [-0.15, -0.1) is 11.3 Å². The Morgan fingerprint density at radius 1 is 1.58 bits per heavy atom. The van der Waals surface area contributed by atoms with Crippen molar-refractivity contribution in [3.05, 3.63) is 27.5 Å². The fourth-order valence-corrected chi connectivity index (χ4v) is 1.56. The molecule has 58 valence electrons. The zero-order valence-corrected chi connectivity index (χ0v) is 7.35. The van der Waals surface area contributed by atoms with Gasteiger partial charge in [-0.05, 0) is 19.1 Å². The van der Waals surface area contributed by atoms with Crippen molar-refractivity contribution in [2.75, 3.05) is 0 Å². The molecule has 1 aromatic rings. The summed E-state index contributed by atoms with van der Waals surface area (Å²) in [5, 5.41) is 18.8. The summed E-state index contributed by atoms with van der Waals surface area (Å²) < 4.78 is 0. The molecule has 3 heteroatoms. The molecule has 0 amide bonds. The predicted molar refractivity (Wildman–Crippen MR) is 48.3 cm³/mol. The first-order chi connectivity index (χ1) is 5.76. The van der Waals surface area contributed by atoms with Crippen molar-refractivity contribution in [2.24, 2.45) is 0 Å². The Morgan fingerprint density at radius 3 is 2.83 bits per heavy atom. The molecule has 0 atom stereocenters. The molecule has 0 spiro atoms. The summed E-state index contributed by atoms with van der Waals surface area (Å²) in [7, 11) is 0. The molecule has 0 saturated heterocycles. The molecule has 0 aromatic carbocycles. The van der Waals surface area contributed by atoms with E-state index in [1.54, 1.807) is 24.4 Å². The maximum absolute atomic E-state index is 8.51. The molecule has 0 N–H and O–H groups in total. The highest BCUT2D eigenvalue weighted by atomic mass is 32.1. The Kier molecular flexibility index (Phi) is 2.63. The zero-order valence-electron chi connectivity index (χ0n) is 6.53. The second-order valence-corrected chi connectivity index (χ2v) is 3.23. The summed E-state index contributed by atoms with van der Waals surface area (Å²) in [5.41, 5.74) is 1.30. The minimum atomic E-state index is 0.650. The minimum absolute atomic E-state index is 0.650. The number of thiophene rings is 1. The van der Waals surface area contributed by atoms with Gasteiger partial charge in [-0.2, -0.15) is 10.5 Å². The highest BCUT2D eigenvalue weighted by Gasteiger charge is 1.95. The number of rotatable bonds is 1. The quantitative estimate of drug-likeness (QED) is 0.614. The van der Waals surface area contributed by atoms with Crippen LogP contribution in [0.2, 0.25) is 0 Å². The summed E-state index contributed by atoms with van der Waals surface area (Å²) in [6.07, 6.45) is 1.77. The van der Waals surface area contributed by atoms with E-state index >= 15 is 0 Å². The van der Waals surface area contributed by atoms with E-state index in [0.717, 1.165) is 4.88 Å². The Bertz CT molecular complexity index is 387. The molecule has 1 aromatic heterocycles. The molecule has 0 saturated carbocycles. The molecular formula is C9H6N2S. The fourth-order valence-electron chi connectivity index (χ4n) is 0.733. The molecule has 0 unspecified atom stereocenters. The second-order valence-electron chi connectivity index (χ2n) is 2.29. The summed E-state index contributed by atoms with van der Waals surface area (Å²) >= 11 is 1.47. The molecule has 0 aliphatic rings. The lowest BCUT2D eigenvalue weighted by Crippen LogP contribution is -1.66. The normalized spacial score (nSPS) is 10.4. The molecule has 0 aliphatic heterocycles. The van der Waals surface area contributed by atoms with Crippen LogP contribution in [0.3, 0.4) is 0 Å². The Morgan fingerprint density at radius 2 is 2.33 bits per heavy atom. The summed E-state index contributed by atoms with van der Waals surface area (Å²) in [6.45, 7) is 1.74. The van der Waals surface area contributed by atoms with E-state index in [1.807, 2.05) is 12.1 Å². The minimum Gasteiger partial charge on any atom is -0.193 e. The van der Waals surface area contributed by atoms with Crippen molar-refractivity contribution in [1.29, 1.82) is 10.5 Å². The van der Waals surface area contributed by atoms with Gasteiger partial charge in [-0.25, -0.2) is 0 Å². The van der Waals surface area contributed by atoms with Crippen LogP contribution in [0, 0.1) is 22.7 Å². The highest BCUT2D eigenvalue weighted by Crippen LogP contribution is 2.16. The van der Waals surface area contributed by atoms with Gasteiger partial charge in [0.25, 0.3) is 0 Å². The van der Waals surface area contributed by atoms with E-state index < -0.39 is 0 Å². The van der Waals surface area contributed by atoms with E-state index in [4.69, 9.17) is 10.5 Å². The molecule has 0 radical (unpaired) electrons. The molecule has 1 heterocycles. The second kappa shape index (κ2) is 3.71. The smallest absolute Gasteiger partial charge is 0.100 e. The van der Waals surface area contributed by atoms with Crippen molar-refractivity contribution in [2.45, 2.75) is 6.92 Å².